The summed E-state index contributed by atoms with van der Waals surface area (Å²) in [6, 6.07) is 4.43. The lowest BCUT2D eigenvalue weighted by molar-refractivity contribution is 0.202. The maximum Gasteiger partial charge on any atom is 0.162 e. The van der Waals surface area contributed by atoms with Gasteiger partial charge in [-0.05, 0) is 42.2 Å². The van der Waals surface area contributed by atoms with Gasteiger partial charge in [0.15, 0.2) is 11.5 Å². The highest BCUT2D eigenvalue weighted by molar-refractivity contribution is 5.49. The maximum atomic E-state index is 10.1. The van der Waals surface area contributed by atoms with Crippen LogP contribution in [0.5, 0.6) is 11.5 Å². The summed E-state index contributed by atoms with van der Waals surface area (Å²) in [4.78, 5) is 2.47. The van der Waals surface area contributed by atoms with E-state index in [0.29, 0.717) is 6.04 Å². The van der Waals surface area contributed by atoms with Crippen molar-refractivity contribution in [3.63, 3.8) is 0 Å². The Bertz CT molecular complexity index is 518. The molecular weight excluding hydrogens is 250 g/mol. The average Bonchev–Trinajstić information content (AvgIpc) is 2.95. The van der Waals surface area contributed by atoms with Crippen LogP contribution in [0, 0.1) is 5.92 Å². The summed E-state index contributed by atoms with van der Waals surface area (Å²) in [6.45, 7) is 8.27. The van der Waals surface area contributed by atoms with Crippen molar-refractivity contribution in [1.29, 1.82) is 0 Å². The van der Waals surface area contributed by atoms with Crippen molar-refractivity contribution in [2.24, 2.45) is 5.92 Å². The van der Waals surface area contributed by atoms with Crippen LogP contribution in [0.4, 0.5) is 0 Å². The lowest BCUT2D eigenvalue weighted by atomic mass is 9.85. The van der Waals surface area contributed by atoms with Crippen LogP contribution in [0.25, 0.3) is 0 Å². The molecular formula is C17H25NO2. The van der Waals surface area contributed by atoms with Crippen LogP contribution >= 0.6 is 0 Å². The molecule has 0 aromatic heterocycles. The molecule has 0 spiro atoms. The van der Waals surface area contributed by atoms with E-state index in [4.69, 9.17) is 0 Å². The molecule has 1 aliphatic heterocycles. The molecule has 1 aromatic carbocycles. The van der Waals surface area contributed by atoms with Crippen LogP contribution in [0.15, 0.2) is 12.1 Å². The summed E-state index contributed by atoms with van der Waals surface area (Å²) >= 11 is 0. The molecule has 2 aliphatic rings. The highest BCUT2D eigenvalue weighted by Crippen LogP contribution is 2.41. The third-order valence-corrected chi connectivity index (χ3v) is 4.93. The Balaban J connectivity index is 1.87. The van der Waals surface area contributed by atoms with Crippen LogP contribution < -0.4 is 0 Å². The number of phenolic OH excluding ortho intramolecular Hbond substituents is 2. The SMILES string of the molecule is CC(C)(C)c1cc(O)c(O)c(CN2C[C@H]3CC[C@H]2C3)c1. The van der Waals surface area contributed by atoms with Gasteiger partial charge in [0.25, 0.3) is 0 Å². The minimum Gasteiger partial charge on any atom is -0.504 e. The Morgan fingerprint density at radius 2 is 1.95 bits per heavy atom. The highest BCUT2D eigenvalue weighted by Gasteiger charge is 2.37. The lowest BCUT2D eigenvalue weighted by Crippen LogP contribution is -2.31. The first kappa shape index (κ1) is 13.7. The molecule has 3 heteroatoms. The van der Waals surface area contributed by atoms with E-state index in [1.165, 1.54) is 19.3 Å². The van der Waals surface area contributed by atoms with E-state index in [1.807, 2.05) is 0 Å². The number of phenols is 2. The largest absolute Gasteiger partial charge is 0.504 e. The number of hydrogen-bond donors (Lipinski definition) is 2. The number of benzene rings is 1. The van der Waals surface area contributed by atoms with Crippen molar-refractivity contribution in [2.45, 2.75) is 58.0 Å². The Labute approximate surface area is 121 Å². The van der Waals surface area contributed by atoms with E-state index in [9.17, 15) is 10.2 Å². The fourth-order valence-electron chi connectivity index (χ4n) is 3.67. The van der Waals surface area contributed by atoms with Gasteiger partial charge in [-0.2, -0.15) is 0 Å². The second-order valence-corrected chi connectivity index (χ2v) is 7.52. The fourth-order valence-corrected chi connectivity index (χ4v) is 3.67. The molecule has 1 aromatic rings. The lowest BCUT2D eigenvalue weighted by Gasteiger charge is -2.28. The number of rotatable bonds is 2. The fraction of sp³-hybridized carbons (Fsp3) is 0.647. The molecule has 2 fully saturated rings. The number of hydrogen-bond acceptors (Lipinski definition) is 3. The number of aromatic hydroxyl groups is 2. The van der Waals surface area contributed by atoms with Gasteiger partial charge in [0.2, 0.25) is 0 Å². The number of likely N-dealkylation sites (tertiary alicyclic amines) is 1. The summed E-state index contributed by atoms with van der Waals surface area (Å²) in [6.07, 6.45) is 3.96. The molecule has 2 atom stereocenters. The van der Waals surface area contributed by atoms with Gasteiger partial charge >= 0.3 is 0 Å². The van der Waals surface area contributed by atoms with Gasteiger partial charge < -0.3 is 10.2 Å². The first-order valence-corrected chi connectivity index (χ1v) is 7.64. The van der Waals surface area contributed by atoms with Crippen molar-refractivity contribution < 1.29 is 10.2 Å². The Kier molecular flexibility index (Phi) is 3.20. The van der Waals surface area contributed by atoms with Crippen molar-refractivity contribution in [1.82, 2.24) is 4.90 Å². The van der Waals surface area contributed by atoms with Gasteiger partial charge in [0.1, 0.15) is 0 Å². The van der Waals surface area contributed by atoms with Crippen LogP contribution in [0.2, 0.25) is 0 Å². The highest BCUT2D eigenvalue weighted by atomic mass is 16.3. The summed E-state index contributed by atoms with van der Waals surface area (Å²) in [5.41, 5.74) is 1.92. The number of fused-ring (bicyclic) bond motifs is 2. The molecule has 2 N–H and O–H groups in total. The zero-order chi connectivity index (χ0) is 14.5. The minimum absolute atomic E-state index is 0.0109. The molecule has 1 heterocycles. The topological polar surface area (TPSA) is 43.7 Å². The van der Waals surface area contributed by atoms with Crippen molar-refractivity contribution >= 4 is 0 Å². The van der Waals surface area contributed by atoms with Crippen LogP contribution in [-0.4, -0.2) is 27.7 Å². The molecule has 1 aliphatic carbocycles. The molecule has 0 unspecified atom stereocenters. The molecule has 20 heavy (non-hydrogen) atoms. The normalized spacial score (nSPS) is 26.4. The molecule has 0 radical (unpaired) electrons. The monoisotopic (exact) mass is 275 g/mol. The minimum atomic E-state index is -0.0239. The summed E-state index contributed by atoms with van der Waals surface area (Å²) in [5.74, 6) is 0.916. The standard InChI is InChI=1S/C17H25NO2/c1-17(2,3)13-7-12(16(20)15(19)8-13)10-18-9-11-4-5-14(18)6-11/h7-8,11,14,19-20H,4-6,9-10H2,1-3H3/t11-,14-/m0/s1. The van der Waals surface area contributed by atoms with Gasteiger partial charge in [-0.15, -0.1) is 0 Å². The van der Waals surface area contributed by atoms with Gasteiger partial charge in [0.05, 0.1) is 0 Å². The number of piperidine rings is 1. The molecule has 3 nitrogen and oxygen atoms in total. The van der Waals surface area contributed by atoms with Crippen LogP contribution in [0.3, 0.4) is 0 Å². The molecule has 1 saturated heterocycles. The zero-order valence-electron chi connectivity index (χ0n) is 12.7. The van der Waals surface area contributed by atoms with Gasteiger partial charge in [0, 0.05) is 24.7 Å². The average molecular weight is 275 g/mol. The molecule has 1 saturated carbocycles. The quantitative estimate of drug-likeness (QED) is 0.813. The van der Waals surface area contributed by atoms with Crippen molar-refractivity contribution in [3.05, 3.63) is 23.3 Å². The van der Waals surface area contributed by atoms with Gasteiger partial charge in [-0.3, -0.25) is 4.90 Å². The number of nitrogens with zero attached hydrogens (tertiary/aromatic N) is 1. The predicted octanol–water partition coefficient (Wildman–Crippen LogP) is 3.38. The van der Waals surface area contributed by atoms with E-state index in [1.54, 1.807) is 6.07 Å². The summed E-state index contributed by atoms with van der Waals surface area (Å²) < 4.78 is 0. The second-order valence-electron chi connectivity index (χ2n) is 7.52. The smallest absolute Gasteiger partial charge is 0.162 e. The maximum absolute atomic E-state index is 10.1. The molecule has 3 rings (SSSR count). The van der Waals surface area contributed by atoms with Gasteiger partial charge in [-0.1, -0.05) is 26.8 Å². The summed E-state index contributed by atoms with van der Waals surface area (Å²) in [7, 11) is 0. The Hall–Kier alpha value is -1.22. The van der Waals surface area contributed by atoms with E-state index >= 15 is 0 Å². The van der Waals surface area contributed by atoms with E-state index in [2.05, 4.69) is 31.7 Å². The predicted molar refractivity (Wildman–Crippen MR) is 80.0 cm³/mol. The Morgan fingerprint density at radius 3 is 2.50 bits per heavy atom. The van der Waals surface area contributed by atoms with E-state index < -0.39 is 0 Å². The Morgan fingerprint density at radius 1 is 1.20 bits per heavy atom. The molecule has 2 bridgehead atoms. The van der Waals surface area contributed by atoms with Crippen LogP contribution in [0.1, 0.15) is 51.2 Å². The van der Waals surface area contributed by atoms with Gasteiger partial charge in [-0.25, -0.2) is 0 Å². The first-order chi connectivity index (χ1) is 9.34. The third-order valence-electron chi connectivity index (χ3n) is 4.93. The van der Waals surface area contributed by atoms with Crippen molar-refractivity contribution in [3.8, 4) is 11.5 Å². The van der Waals surface area contributed by atoms with E-state index in [-0.39, 0.29) is 16.9 Å². The summed E-state index contributed by atoms with van der Waals surface area (Å²) in [5, 5.41) is 20.1. The van der Waals surface area contributed by atoms with E-state index in [0.717, 1.165) is 30.1 Å². The molecule has 0 amide bonds. The van der Waals surface area contributed by atoms with Crippen molar-refractivity contribution in [2.75, 3.05) is 6.54 Å². The zero-order valence-corrected chi connectivity index (χ0v) is 12.7. The first-order valence-electron chi connectivity index (χ1n) is 7.64. The van der Waals surface area contributed by atoms with Crippen LogP contribution in [-0.2, 0) is 12.0 Å². The second kappa shape index (κ2) is 4.66. The molecule has 110 valence electrons. The third kappa shape index (κ3) is 2.39.